The fourth-order valence-corrected chi connectivity index (χ4v) is 5.60. The summed E-state index contributed by atoms with van der Waals surface area (Å²) in [7, 11) is -5.12. The van der Waals surface area contributed by atoms with Crippen LogP contribution in [0.2, 0.25) is 0 Å². The molecular formula is C24H22F3N3O6S. The number of aromatic hydroxyl groups is 1. The van der Waals surface area contributed by atoms with E-state index in [-0.39, 0.29) is 28.0 Å². The second-order valence-electron chi connectivity index (χ2n) is 9.68. The van der Waals surface area contributed by atoms with Gasteiger partial charge in [0.2, 0.25) is 0 Å². The number of phenols is 1. The number of carbonyl (C=O) groups is 1. The van der Waals surface area contributed by atoms with Gasteiger partial charge in [-0.05, 0) is 80.3 Å². The highest BCUT2D eigenvalue weighted by Gasteiger charge is 2.51. The average Bonchev–Trinajstić information content (AvgIpc) is 3.37. The van der Waals surface area contributed by atoms with E-state index in [0.717, 1.165) is 50.7 Å². The van der Waals surface area contributed by atoms with Crippen molar-refractivity contribution in [2.45, 2.75) is 43.9 Å². The Morgan fingerprint density at radius 3 is 2.22 bits per heavy atom. The van der Waals surface area contributed by atoms with E-state index in [1.54, 1.807) is 0 Å². The van der Waals surface area contributed by atoms with Crippen LogP contribution in [-0.2, 0) is 15.9 Å². The maximum atomic E-state index is 13.6. The largest absolute Gasteiger partial charge is 0.503 e. The normalized spacial score (nSPS) is 23.1. The fraction of sp³-hybridized carbons (Fsp3) is 0.375. The van der Waals surface area contributed by atoms with Crippen LogP contribution < -0.4 is 9.50 Å². The number of nitrogens with zero attached hydrogens (tertiary/aromatic N) is 2. The molecule has 9 nitrogen and oxygen atoms in total. The highest BCUT2D eigenvalue weighted by atomic mass is 32.3. The van der Waals surface area contributed by atoms with Gasteiger partial charge in [0.15, 0.2) is 23.2 Å². The quantitative estimate of drug-likeness (QED) is 0.426. The van der Waals surface area contributed by atoms with Gasteiger partial charge in [0, 0.05) is 23.1 Å². The Labute approximate surface area is 210 Å². The minimum atomic E-state index is -5.12. The zero-order valence-electron chi connectivity index (χ0n) is 19.3. The first-order valence-electron chi connectivity index (χ1n) is 11.5. The number of phenolic OH excluding ortho intramolecular Hbond substituents is 1. The van der Waals surface area contributed by atoms with Crippen molar-refractivity contribution in [3.8, 4) is 23.0 Å². The van der Waals surface area contributed by atoms with E-state index in [1.807, 2.05) is 0 Å². The molecule has 1 aromatic heterocycles. The lowest BCUT2D eigenvalue weighted by atomic mass is 9.53. The summed E-state index contributed by atoms with van der Waals surface area (Å²) in [5.74, 6) is -3.50. The molecule has 1 amide bonds. The molecule has 0 unspecified atom stereocenters. The lowest BCUT2D eigenvalue weighted by Crippen LogP contribution is -2.49. The summed E-state index contributed by atoms with van der Waals surface area (Å²) in [4.78, 5) is 17.0. The highest BCUT2D eigenvalue weighted by molar-refractivity contribution is 7.81. The van der Waals surface area contributed by atoms with Crippen molar-refractivity contribution in [2.24, 2.45) is 5.41 Å². The number of nitrogens with one attached hydrogen (secondary N) is 1. The molecule has 3 aliphatic carbocycles. The topological polar surface area (TPSA) is 132 Å². The number of benzene rings is 2. The first-order valence-corrected chi connectivity index (χ1v) is 12.8. The molecule has 0 saturated heterocycles. The molecule has 0 aliphatic heterocycles. The monoisotopic (exact) mass is 537 g/mol. The minimum Gasteiger partial charge on any atom is -0.503 e. The Bertz CT molecular complexity index is 1410. The molecule has 0 radical (unpaired) electrons. The van der Waals surface area contributed by atoms with Gasteiger partial charge in [0.05, 0.1) is 0 Å². The molecule has 196 valence electrons. The van der Waals surface area contributed by atoms with E-state index in [2.05, 4.69) is 19.6 Å². The maximum absolute atomic E-state index is 13.6. The molecule has 37 heavy (non-hydrogen) atoms. The number of aromatic nitrogens is 2. The Hall–Kier alpha value is -3.61. The molecule has 3 aromatic rings. The van der Waals surface area contributed by atoms with E-state index in [0.29, 0.717) is 17.9 Å². The zero-order chi connectivity index (χ0) is 26.4. The molecule has 3 aliphatic rings. The first kappa shape index (κ1) is 25.1. The van der Waals surface area contributed by atoms with Gasteiger partial charge in [0.1, 0.15) is 5.75 Å². The third-order valence-electron chi connectivity index (χ3n) is 7.50. The summed E-state index contributed by atoms with van der Waals surface area (Å²) >= 11 is 0. The van der Waals surface area contributed by atoms with E-state index >= 15 is 0 Å². The van der Waals surface area contributed by atoms with Gasteiger partial charge in [-0.1, -0.05) is 9.04 Å². The van der Waals surface area contributed by atoms with Gasteiger partial charge >= 0.3 is 10.5 Å². The lowest BCUT2D eigenvalue weighted by molar-refractivity contribution is 0.0335. The van der Waals surface area contributed by atoms with Gasteiger partial charge in [-0.25, -0.2) is 8.78 Å². The Morgan fingerprint density at radius 2 is 1.65 bits per heavy atom. The average molecular weight is 538 g/mol. The molecule has 2 bridgehead atoms. The molecular weight excluding hydrogens is 515 g/mol. The number of carbonyl (C=O) groups excluding carboxylic acids is 1. The summed E-state index contributed by atoms with van der Waals surface area (Å²) in [5.41, 5.74) is -0.105. The number of hydrogen-bond donors (Lipinski definition) is 2. The second kappa shape index (κ2) is 9.05. The van der Waals surface area contributed by atoms with Crippen molar-refractivity contribution in [3.63, 3.8) is 0 Å². The summed E-state index contributed by atoms with van der Waals surface area (Å²) < 4.78 is 70.7. The van der Waals surface area contributed by atoms with Crippen LogP contribution in [0.1, 0.15) is 54.7 Å². The zero-order valence-corrected chi connectivity index (χ0v) is 20.2. The lowest BCUT2D eigenvalue weighted by Gasteiger charge is -2.52. The van der Waals surface area contributed by atoms with Gasteiger partial charge in [-0.15, -0.1) is 0 Å². The Balaban J connectivity index is 1.22. The molecule has 2 N–H and O–H groups in total. The van der Waals surface area contributed by atoms with Crippen molar-refractivity contribution < 1.29 is 39.7 Å². The number of amides is 1. The van der Waals surface area contributed by atoms with Crippen molar-refractivity contribution in [3.05, 3.63) is 59.4 Å². The van der Waals surface area contributed by atoms with Crippen LogP contribution >= 0.6 is 0 Å². The third kappa shape index (κ3) is 4.99. The SMILES string of the molecule is O=C(NCC12CCC(c3noc(-c4ccc(OS(=O)(=O)F)cc4)n3)(CC1)CC2)c1cc(F)c(O)c(F)c1. The summed E-state index contributed by atoms with van der Waals surface area (Å²) in [6.07, 6.45) is 4.68. The van der Waals surface area contributed by atoms with Crippen LogP contribution in [0.25, 0.3) is 11.5 Å². The Kier molecular flexibility index (Phi) is 6.13. The van der Waals surface area contributed by atoms with Crippen molar-refractivity contribution in [1.29, 1.82) is 0 Å². The molecule has 2 aromatic carbocycles. The molecule has 1 heterocycles. The van der Waals surface area contributed by atoms with Crippen LogP contribution in [0.3, 0.4) is 0 Å². The molecule has 0 atom stereocenters. The first-order chi connectivity index (χ1) is 17.5. The number of rotatable bonds is 7. The standard InChI is InChI=1S/C24H22F3N3O6S/c25-17-11-15(12-18(26)19(17)31)20(32)28-13-23-5-8-24(9-6-23,10-7-23)22-29-21(35-30-22)14-1-3-16(4-2-14)36-37(27,33)34/h1-4,11-12,31H,5-10,13H2,(H,28,32). The third-order valence-corrected chi connectivity index (χ3v) is 7.89. The van der Waals surface area contributed by atoms with E-state index in [4.69, 9.17) is 4.52 Å². The smallest absolute Gasteiger partial charge is 0.488 e. The van der Waals surface area contributed by atoms with Crippen molar-refractivity contribution in [2.75, 3.05) is 6.54 Å². The van der Waals surface area contributed by atoms with Crippen LogP contribution in [0.4, 0.5) is 12.7 Å². The highest BCUT2D eigenvalue weighted by Crippen LogP contribution is 2.57. The second-order valence-corrected chi connectivity index (χ2v) is 10.6. The van der Waals surface area contributed by atoms with Crippen LogP contribution in [0.5, 0.6) is 11.5 Å². The molecule has 13 heteroatoms. The van der Waals surface area contributed by atoms with Crippen molar-refractivity contribution >= 4 is 16.4 Å². The van der Waals surface area contributed by atoms with Gasteiger partial charge in [-0.2, -0.15) is 13.4 Å². The van der Waals surface area contributed by atoms with Crippen LogP contribution in [0.15, 0.2) is 40.9 Å². The maximum Gasteiger partial charge on any atom is 0.488 e. The minimum absolute atomic E-state index is 0.148. The summed E-state index contributed by atoms with van der Waals surface area (Å²) in [5, 5.41) is 16.2. The van der Waals surface area contributed by atoms with E-state index < -0.39 is 33.8 Å². The summed E-state index contributed by atoms with van der Waals surface area (Å²) in [6, 6.07) is 7.12. The van der Waals surface area contributed by atoms with Gasteiger partial charge < -0.3 is 19.1 Å². The predicted octanol–water partition coefficient (Wildman–Crippen LogP) is 4.34. The molecule has 3 saturated carbocycles. The van der Waals surface area contributed by atoms with Crippen LogP contribution in [-0.4, -0.2) is 36.1 Å². The van der Waals surface area contributed by atoms with Crippen LogP contribution in [0, 0.1) is 17.0 Å². The number of halogens is 3. The van der Waals surface area contributed by atoms with Gasteiger partial charge in [0.25, 0.3) is 11.8 Å². The van der Waals surface area contributed by atoms with Crippen molar-refractivity contribution in [1.82, 2.24) is 15.5 Å². The van der Waals surface area contributed by atoms with E-state index in [1.165, 1.54) is 24.3 Å². The fourth-order valence-electron chi connectivity index (χ4n) is 5.25. The molecule has 3 fully saturated rings. The molecule has 0 spiro atoms. The predicted molar refractivity (Wildman–Crippen MR) is 123 cm³/mol. The molecule has 6 rings (SSSR count). The van der Waals surface area contributed by atoms with E-state index in [9.17, 15) is 31.0 Å². The van der Waals surface area contributed by atoms with Gasteiger partial charge in [-0.3, -0.25) is 4.79 Å². The summed E-state index contributed by atoms with van der Waals surface area (Å²) in [6.45, 7) is 0.354. The number of fused-ring (bicyclic) bond motifs is 3. The Morgan fingerprint density at radius 1 is 1.05 bits per heavy atom. The number of hydrogen-bond acceptors (Lipinski definition) is 8.